The molecule has 0 radical (unpaired) electrons. The van der Waals surface area contributed by atoms with E-state index in [0.29, 0.717) is 5.75 Å². The van der Waals surface area contributed by atoms with E-state index in [0.717, 1.165) is 18.4 Å². The summed E-state index contributed by atoms with van der Waals surface area (Å²) in [6.45, 7) is 0.957. The fourth-order valence-electron chi connectivity index (χ4n) is 2.28. The van der Waals surface area contributed by atoms with Gasteiger partial charge in [-0.25, -0.2) is 0 Å². The number of nitrogens with zero attached hydrogens (tertiary/aromatic N) is 1. The molecular weight excluding hydrogens is 222 g/mol. The van der Waals surface area contributed by atoms with Crippen molar-refractivity contribution in [2.75, 3.05) is 0 Å². The maximum atomic E-state index is 9.44. The van der Waals surface area contributed by atoms with E-state index in [-0.39, 0.29) is 0 Å². The molecule has 0 unspecified atom stereocenters. The summed E-state index contributed by atoms with van der Waals surface area (Å²) in [7, 11) is 0. The molecule has 0 aliphatic heterocycles. The Morgan fingerprint density at radius 1 is 0.944 bits per heavy atom. The SMILES string of the molecule is Oc1ccc2c(ccn2CCc2ccccc2)c1. The van der Waals surface area contributed by atoms with E-state index >= 15 is 0 Å². The van der Waals surface area contributed by atoms with Crippen LogP contribution in [0.1, 0.15) is 5.56 Å². The van der Waals surface area contributed by atoms with Gasteiger partial charge in [0.2, 0.25) is 0 Å². The summed E-state index contributed by atoms with van der Waals surface area (Å²) in [6.07, 6.45) is 3.10. The third kappa shape index (κ3) is 2.09. The number of rotatable bonds is 3. The van der Waals surface area contributed by atoms with Gasteiger partial charge in [0.25, 0.3) is 0 Å². The number of aryl methyl sites for hydroxylation is 2. The van der Waals surface area contributed by atoms with Crippen LogP contribution in [-0.4, -0.2) is 9.67 Å². The first-order chi connectivity index (χ1) is 8.83. The lowest BCUT2D eigenvalue weighted by Crippen LogP contribution is -1.99. The molecule has 90 valence electrons. The molecule has 0 aliphatic carbocycles. The average molecular weight is 237 g/mol. The van der Waals surface area contributed by atoms with Crippen molar-refractivity contribution >= 4 is 10.9 Å². The minimum absolute atomic E-state index is 0.323. The Balaban J connectivity index is 1.83. The summed E-state index contributed by atoms with van der Waals surface area (Å²) in [5, 5.41) is 10.5. The van der Waals surface area contributed by atoms with Gasteiger partial charge in [0.15, 0.2) is 0 Å². The molecule has 2 nitrogen and oxygen atoms in total. The zero-order chi connectivity index (χ0) is 12.4. The van der Waals surface area contributed by atoms with Crippen LogP contribution in [0.3, 0.4) is 0 Å². The van der Waals surface area contributed by atoms with Crippen molar-refractivity contribution in [3.05, 3.63) is 66.4 Å². The molecule has 0 amide bonds. The van der Waals surface area contributed by atoms with Gasteiger partial charge in [-0.05, 0) is 36.2 Å². The molecule has 2 aromatic carbocycles. The largest absolute Gasteiger partial charge is 0.508 e. The fraction of sp³-hybridized carbons (Fsp3) is 0.125. The molecule has 0 fully saturated rings. The number of aromatic nitrogens is 1. The van der Waals surface area contributed by atoms with E-state index in [1.165, 1.54) is 11.1 Å². The first-order valence-corrected chi connectivity index (χ1v) is 6.15. The Labute approximate surface area is 106 Å². The molecule has 3 rings (SSSR count). The second-order valence-corrected chi connectivity index (χ2v) is 4.49. The highest BCUT2D eigenvalue weighted by atomic mass is 16.3. The molecule has 0 atom stereocenters. The predicted octanol–water partition coefficient (Wildman–Crippen LogP) is 3.59. The van der Waals surface area contributed by atoms with Crippen LogP contribution in [0.25, 0.3) is 10.9 Å². The summed E-state index contributed by atoms with van der Waals surface area (Å²) >= 11 is 0. The zero-order valence-electron chi connectivity index (χ0n) is 10.1. The van der Waals surface area contributed by atoms with Crippen LogP contribution in [-0.2, 0) is 13.0 Å². The van der Waals surface area contributed by atoms with E-state index in [4.69, 9.17) is 0 Å². The minimum Gasteiger partial charge on any atom is -0.508 e. The van der Waals surface area contributed by atoms with E-state index in [9.17, 15) is 5.11 Å². The van der Waals surface area contributed by atoms with Crippen molar-refractivity contribution < 1.29 is 5.11 Å². The molecule has 2 heteroatoms. The summed E-state index contributed by atoms with van der Waals surface area (Å²) in [6, 6.07) is 18.0. The van der Waals surface area contributed by atoms with Crippen molar-refractivity contribution in [1.82, 2.24) is 4.57 Å². The Hall–Kier alpha value is -2.22. The normalized spacial score (nSPS) is 10.9. The van der Waals surface area contributed by atoms with Crippen molar-refractivity contribution in [3.63, 3.8) is 0 Å². The van der Waals surface area contributed by atoms with Crippen molar-refractivity contribution in [2.24, 2.45) is 0 Å². The van der Waals surface area contributed by atoms with Gasteiger partial charge >= 0.3 is 0 Å². The molecule has 1 aromatic heterocycles. The summed E-state index contributed by atoms with van der Waals surface area (Å²) < 4.78 is 2.22. The van der Waals surface area contributed by atoms with Gasteiger partial charge in [-0.15, -0.1) is 0 Å². The third-order valence-electron chi connectivity index (χ3n) is 3.24. The molecule has 0 saturated heterocycles. The molecule has 0 saturated carbocycles. The fourth-order valence-corrected chi connectivity index (χ4v) is 2.28. The predicted molar refractivity (Wildman–Crippen MR) is 73.7 cm³/mol. The van der Waals surface area contributed by atoms with Crippen LogP contribution in [0.2, 0.25) is 0 Å². The molecule has 0 spiro atoms. The van der Waals surface area contributed by atoms with Crippen LogP contribution >= 0.6 is 0 Å². The van der Waals surface area contributed by atoms with Crippen LogP contribution < -0.4 is 0 Å². The third-order valence-corrected chi connectivity index (χ3v) is 3.24. The quantitative estimate of drug-likeness (QED) is 0.740. The lowest BCUT2D eigenvalue weighted by molar-refractivity contribution is 0.476. The van der Waals surface area contributed by atoms with Gasteiger partial charge in [0, 0.05) is 23.6 Å². The van der Waals surface area contributed by atoms with Crippen LogP contribution in [0.5, 0.6) is 5.75 Å². The molecular formula is C16H15NO. The van der Waals surface area contributed by atoms with Gasteiger partial charge in [0.05, 0.1) is 0 Å². The van der Waals surface area contributed by atoms with Gasteiger partial charge < -0.3 is 9.67 Å². The van der Waals surface area contributed by atoms with Crippen molar-refractivity contribution in [1.29, 1.82) is 0 Å². The number of aromatic hydroxyl groups is 1. The average Bonchev–Trinajstić information content (AvgIpc) is 2.80. The van der Waals surface area contributed by atoms with Crippen LogP contribution in [0.15, 0.2) is 60.8 Å². The monoisotopic (exact) mass is 237 g/mol. The highest BCUT2D eigenvalue weighted by Gasteiger charge is 2.01. The summed E-state index contributed by atoms with van der Waals surface area (Å²) in [5.74, 6) is 0.323. The molecule has 0 bridgehead atoms. The number of fused-ring (bicyclic) bond motifs is 1. The van der Waals surface area contributed by atoms with Gasteiger partial charge in [0.1, 0.15) is 5.75 Å². The van der Waals surface area contributed by atoms with Gasteiger partial charge in [-0.1, -0.05) is 30.3 Å². The Kier molecular flexibility index (Phi) is 2.77. The van der Waals surface area contributed by atoms with E-state index < -0.39 is 0 Å². The molecule has 18 heavy (non-hydrogen) atoms. The maximum absolute atomic E-state index is 9.44. The van der Waals surface area contributed by atoms with E-state index in [1.807, 2.05) is 18.2 Å². The number of hydrogen-bond donors (Lipinski definition) is 1. The molecule has 0 aliphatic rings. The van der Waals surface area contributed by atoms with Gasteiger partial charge in [-0.3, -0.25) is 0 Å². The first-order valence-electron chi connectivity index (χ1n) is 6.15. The Morgan fingerprint density at radius 3 is 2.61 bits per heavy atom. The Bertz CT molecular complexity index is 655. The standard InChI is InChI=1S/C16H15NO/c18-15-6-7-16-14(12-15)9-11-17(16)10-8-13-4-2-1-3-5-13/h1-7,9,11-12,18H,8,10H2. The smallest absolute Gasteiger partial charge is 0.116 e. The lowest BCUT2D eigenvalue weighted by atomic mass is 10.1. The minimum atomic E-state index is 0.323. The number of phenols is 1. The van der Waals surface area contributed by atoms with Crippen LogP contribution in [0, 0.1) is 0 Å². The lowest BCUT2D eigenvalue weighted by Gasteiger charge is -2.05. The number of phenolic OH excluding ortho intramolecular Hbond substituents is 1. The van der Waals surface area contributed by atoms with Gasteiger partial charge in [-0.2, -0.15) is 0 Å². The van der Waals surface area contributed by atoms with Crippen molar-refractivity contribution in [3.8, 4) is 5.75 Å². The highest BCUT2D eigenvalue weighted by Crippen LogP contribution is 2.21. The number of hydrogen-bond acceptors (Lipinski definition) is 1. The maximum Gasteiger partial charge on any atom is 0.116 e. The zero-order valence-corrected chi connectivity index (χ0v) is 10.1. The number of benzene rings is 2. The summed E-state index contributed by atoms with van der Waals surface area (Å²) in [4.78, 5) is 0. The molecule has 3 aromatic rings. The van der Waals surface area contributed by atoms with Crippen molar-refractivity contribution in [2.45, 2.75) is 13.0 Å². The topological polar surface area (TPSA) is 25.2 Å². The second-order valence-electron chi connectivity index (χ2n) is 4.49. The molecule has 1 N–H and O–H groups in total. The summed E-state index contributed by atoms with van der Waals surface area (Å²) in [5.41, 5.74) is 2.52. The van der Waals surface area contributed by atoms with Crippen LogP contribution in [0.4, 0.5) is 0 Å². The van der Waals surface area contributed by atoms with E-state index in [2.05, 4.69) is 35.0 Å². The highest BCUT2D eigenvalue weighted by molar-refractivity contribution is 5.81. The Morgan fingerprint density at radius 2 is 1.78 bits per heavy atom. The second kappa shape index (κ2) is 4.57. The van der Waals surface area contributed by atoms with E-state index in [1.54, 1.807) is 12.1 Å². The first kappa shape index (κ1) is 10.9. The molecule has 1 heterocycles.